The zero-order chi connectivity index (χ0) is 23.5. The van der Waals surface area contributed by atoms with Crippen LogP contribution in [0.5, 0.6) is 0 Å². The van der Waals surface area contributed by atoms with Crippen molar-refractivity contribution in [1.29, 1.82) is 0 Å². The molecule has 8 unspecified atom stereocenters. The molecule has 0 bridgehead atoms. The van der Waals surface area contributed by atoms with E-state index in [0.717, 1.165) is 0 Å². The molecule has 32 heavy (non-hydrogen) atoms. The first kappa shape index (κ1) is 25.4. The second-order valence-corrected chi connectivity index (χ2v) is 9.74. The fourth-order valence-corrected chi connectivity index (χ4v) is 4.91. The highest BCUT2D eigenvalue weighted by molar-refractivity contribution is 6.20. The van der Waals surface area contributed by atoms with E-state index in [-0.39, 0.29) is 43.1 Å². The molecule has 0 aromatic carbocycles. The average Bonchev–Trinajstić information content (AvgIpc) is 3.18. The molecule has 2 aliphatic carbocycles. The Bertz CT molecular complexity index is 681. The number of amides is 1. The first-order valence-electron chi connectivity index (χ1n) is 11.1. The largest absolute Gasteiger partial charge is 0.405 e. The lowest BCUT2D eigenvalue weighted by Crippen LogP contribution is -2.52. The van der Waals surface area contributed by atoms with Crippen molar-refractivity contribution < 1.29 is 26.7 Å². The van der Waals surface area contributed by atoms with Crippen molar-refractivity contribution in [2.45, 2.75) is 88.0 Å². The summed E-state index contributed by atoms with van der Waals surface area (Å²) < 4.78 is 66.1. The minimum absolute atomic E-state index is 0.0402. The normalized spacial score (nSPS) is 39.0. The van der Waals surface area contributed by atoms with Crippen LogP contribution in [0, 0.1) is 17.8 Å². The number of carbonyl (C=O) groups excluding carboxylic acids is 1. The van der Waals surface area contributed by atoms with Crippen LogP contribution in [0.3, 0.4) is 0 Å². The number of hydrazine groups is 1. The van der Waals surface area contributed by atoms with Gasteiger partial charge in [-0.25, -0.2) is 19.6 Å². The highest BCUT2D eigenvalue weighted by Gasteiger charge is 2.44. The molecular weight excluding hydrogens is 457 g/mol. The maximum Gasteiger partial charge on any atom is 0.405 e. The molecule has 12 heteroatoms. The van der Waals surface area contributed by atoms with Crippen molar-refractivity contribution >= 4 is 23.5 Å². The molecule has 3 rings (SSSR count). The molecule has 1 saturated heterocycles. The summed E-state index contributed by atoms with van der Waals surface area (Å²) in [7, 11) is 0. The molecule has 0 aromatic heterocycles. The highest BCUT2D eigenvalue weighted by atomic mass is 35.5. The van der Waals surface area contributed by atoms with Gasteiger partial charge in [-0.2, -0.15) is 13.2 Å². The van der Waals surface area contributed by atoms with Gasteiger partial charge in [0.25, 0.3) is 0 Å². The van der Waals surface area contributed by atoms with Gasteiger partial charge in [-0.05, 0) is 50.4 Å². The van der Waals surface area contributed by atoms with Crippen LogP contribution in [0.15, 0.2) is 4.99 Å². The van der Waals surface area contributed by atoms with Crippen molar-refractivity contribution in [3.05, 3.63) is 0 Å². The molecule has 3 fully saturated rings. The lowest BCUT2D eigenvalue weighted by molar-refractivity contribution is -0.153. The first-order chi connectivity index (χ1) is 15.0. The van der Waals surface area contributed by atoms with Crippen LogP contribution >= 0.6 is 11.6 Å². The Morgan fingerprint density at radius 3 is 2.47 bits per heavy atom. The van der Waals surface area contributed by atoms with Crippen LogP contribution in [0.2, 0.25) is 0 Å². The van der Waals surface area contributed by atoms with Gasteiger partial charge in [0.15, 0.2) is 5.96 Å². The summed E-state index contributed by atoms with van der Waals surface area (Å²) in [5.41, 5.74) is 4.71. The third-order valence-corrected chi connectivity index (χ3v) is 7.15. The molecule has 4 N–H and O–H groups in total. The topological polar surface area (TPSA) is 77.5 Å². The molecule has 8 atom stereocenters. The van der Waals surface area contributed by atoms with Crippen molar-refractivity contribution in [1.82, 2.24) is 21.5 Å². The summed E-state index contributed by atoms with van der Waals surface area (Å²) in [6.45, 7) is 1.96. The number of hydrogen-bond acceptors (Lipinski definition) is 4. The second kappa shape index (κ2) is 10.8. The van der Waals surface area contributed by atoms with Gasteiger partial charge in [0.1, 0.15) is 18.4 Å². The van der Waals surface area contributed by atoms with Crippen LogP contribution < -0.4 is 21.5 Å². The molecule has 184 valence electrons. The van der Waals surface area contributed by atoms with E-state index in [1.807, 2.05) is 0 Å². The van der Waals surface area contributed by atoms with Gasteiger partial charge in [-0.3, -0.25) is 15.1 Å². The molecular formula is C20H31ClF5N5O. The fourth-order valence-electron chi connectivity index (χ4n) is 4.51. The van der Waals surface area contributed by atoms with Crippen molar-refractivity contribution in [2.75, 3.05) is 6.54 Å². The SMILES string of the molecule is CC1CC(C(=O)NC(=NCC2CCC(F)CC2Cl)NC2CC(C(F)(F)F)NN2)CCC1F. The molecule has 0 spiro atoms. The van der Waals surface area contributed by atoms with Gasteiger partial charge >= 0.3 is 6.18 Å². The van der Waals surface area contributed by atoms with Crippen LogP contribution in [0.1, 0.15) is 51.9 Å². The first-order valence-corrected chi connectivity index (χ1v) is 11.6. The van der Waals surface area contributed by atoms with E-state index >= 15 is 0 Å². The van der Waals surface area contributed by atoms with Crippen molar-refractivity contribution in [3.8, 4) is 0 Å². The monoisotopic (exact) mass is 487 g/mol. The maximum absolute atomic E-state index is 13.8. The Hall–Kier alpha value is -1.20. The zero-order valence-electron chi connectivity index (χ0n) is 17.9. The third-order valence-electron chi connectivity index (χ3n) is 6.61. The molecule has 0 radical (unpaired) electrons. The minimum Gasteiger partial charge on any atom is -0.339 e. The molecule has 0 aromatic rings. The van der Waals surface area contributed by atoms with Crippen molar-refractivity contribution in [3.63, 3.8) is 0 Å². The number of alkyl halides is 6. The van der Waals surface area contributed by atoms with E-state index in [1.165, 1.54) is 0 Å². The molecule has 1 heterocycles. The number of aliphatic imine (C=N–C) groups is 1. The Labute approximate surface area is 189 Å². The maximum atomic E-state index is 13.8. The van der Waals surface area contributed by atoms with Gasteiger partial charge in [-0.1, -0.05) is 6.92 Å². The van der Waals surface area contributed by atoms with E-state index < -0.39 is 42.0 Å². The smallest absolute Gasteiger partial charge is 0.339 e. The Kier molecular flexibility index (Phi) is 8.59. The van der Waals surface area contributed by atoms with Gasteiger partial charge < -0.3 is 5.32 Å². The Morgan fingerprint density at radius 1 is 1.09 bits per heavy atom. The predicted molar refractivity (Wildman–Crippen MR) is 111 cm³/mol. The van der Waals surface area contributed by atoms with Crippen molar-refractivity contribution in [2.24, 2.45) is 22.7 Å². The number of rotatable bonds is 4. The Morgan fingerprint density at radius 2 is 1.84 bits per heavy atom. The standard InChI is InChI=1S/C20H31ClF5N5O/c1-10-6-11(3-5-15(10)23)18(32)29-19(27-9-12-2-4-13(22)7-14(12)21)28-17-8-16(30-31-17)20(24,25)26/h10-17,30-31H,2-9H2,1H3,(H2,27,28,29,32). The fraction of sp³-hybridized carbons (Fsp3) is 0.900. The summed E-state index contributed by atoms with van der Waals surface area (Å²) >= 11 is 6.26. The quantitative estimate of drug-likeness (QED) is 0.212. The highest BCUT2D eigenvalue weighted by Crippen LogP contribution is 2.32. The third kappa shape index (κ3) is 6.90. The molecule has 1 amide bonds. The number of carbonyl (C=O) groups is 1. The van der Waals surface area contributed by atoms with Gasteiger partial charge in [0, 0.05) is 24.3 Å². The summed E-state index contributed by atoms with van der Waals surface area (Å²) in [6.07, 6.45) is -5.19. The summed E-state index contributed by atoms with van der Waals surface area (Å²) in [5.74, 6) is -1.04. The average molecular weight is 488 g/mol. The van der Waals surface area contributed by atoms with Crippen LogP contribution in [0.4, 0.5) is 22.0 Å². The number of guanidine groups is 1. The number of nitrogens with one attached hydrogen (secondary N) is 4. The van der Waals surface area contributed by atoms with E-state index in [2.05, 4.69) is 26.5 Å². The molecule has 1 aliphatic heterocycles. The second-order valence-electron chi connectivity index (χ2n) is 9.18. The number of halogens is 6. The molecule has 6 nitrogen and oxygen atoms in total. The van der Waals surface area contributed by atoms with E-state index in [9.17, 15) is 26.7 Å². The lowest BCUT2D eigenvalue weighted by Gasteiger charge is -2.30. The van der Waals surface area contributed by atoms with E-state index in [1.54, 1.807) is 6.92 Å². The van der Waals surface area contributed by atoms with E-state index in [0.29, 0.717) is 32.1 Å². The van der Waals surface area contributed by atoms with Crippen LogP contribution in [0.25, 0.3) is 0 Å². The van der Waals surface area contributed by atoms with Gasteiger partial charge in [-0.15, -0.1) is 11.6 Å². The van der Waals surface area contributed by atoms with E-state index in [4.69, 9.17) is 11.6 Å². The van der Waals surface area contributed by atoms with Crippen LogP contribution in [-0.4, -0.2) is 54.5 Å². The molecule has 3 aliphatic rings. The van der Waals surface area contributed by atoms with Crippen LogP contribution in [-0.2, 0) is 4.79 Å². The zero-order valence-corrected chi connectivity index (χ0v) is 18.7. The predicted octanol–water partition coefficient (Wildman–Crippen LogP) is 3.32. The van der Waals surface area contributed by atoms with Gasteiger partial charge in [0.05, 0.1) is 6.17 Å². The molecule has 2 saturated carbocycles. The summed E-state index contributed by atoms with van der Waals surface area (Å²) in [5, 5.41) is 5.10. The minimum atomic E-state index is -4.41. The lowest BCUT2D eigenvalue weighted by atomic mass is 9.81. The number of nitrogens with zero attached hydrogens (tertiary/aromatic N) is 1. The summed E-state index contributed by atoms with van der Waals surface area (Å²) in [4.78, 5) is 17.2. The summed E-state index contributed by atoms with van der Waals surface area (Å²) in [6, 6.07) is -1.73. The van der Waals surface area contributed by atoms with Gasteiger partial charge in [0.2, 0.25) is 5.91 Å². The number of hydrogen-bond donors (Lipinski definition) is 4. The Balaban J connectivity index is 1.64.